The van der Waals surface area contributed by atoms with Crippen LogP contribution in [0.15, 0.2) is 30.3 Å². The van der Waals surface area contributed by atoms with Gasteiger partial charge in [0.05, 0.1) is 6.61 Å². The van der Waals surface area contributed by atoms with Crippen LogP contribution >= 0.6 is 0 Å². The number of methoxy groups -OCH3 is 1. The fourth-order valence-electron chi connectivity index (χ4n) is 3.18. The van der Waals surface area contributed by atoms with E-state index < -0.39 is 0 Å². The van der Waals surface area contributed by atoms with Gasteiger partial charge in [-0.2, -0.15) is 0 Å². The third-order valence-electron chi connectivity index (χ3n) is 4.86. The number of likely N-dealkylation sites (N-methyl/N-ethyl adjacent to an activating group) is 1. The van der Waals surface area contributed by atoms with Crippen molar-refractivity contribution in [3.63, 3.8) is 0 Å². The van der Waals surface area contributed by atoms with Crippen LogP contribution in [0.1, 0.15) is 18.4 Å². The number of nitrogens with zero attached hydrogens (tertiary/aromatic N) is 2. The summed E-state index contributed by atoms with van der Waals surface area (Å²) >= 11 is 0. The Bertz CT molecular complexity index is 402. The van der Waals surface area contributed by atoms with E-state index in [-0.39, 0.29) is 5.54 Å². The molecule has 1 aliphatic rings. The number of hydrogen-bond donors (Lipinski definition) is 1. The molecule has 0 amide bonds. The first kappa shape index (κ1) is 16.4. The minimum atomic E-state index is 0.145. The normalized spacial score (nSPS) is 19.0. The van der Waals surface area contributed by atoms with Crippen molar-refractivity contribution < 1.29 is 4.74 Å². The second kappa shape index (κ2) is 7.90. The van der Waals surface area contributed by atoms with Gasteiger partial charge < -0.3 is 10.5 Å². The van der Waals surface area contributed by atoms with Crippen LogP contribution in [0.4, 0.5) is 0 Å². The Morgan fingerprint density at radius 1 is 1.24 bits per heavy atom. The average molecular weight is 291 g/mol. The maximum atomic E-state index is 6.11. The van der Waals surface area contributed by atoms with Crippen molar-refractivity contribution in [2.45, 2.75) is 24.9 Å². The van der Waals surface area contributed by atoms with Crippen molar-refractivity contribution in [2.75, 3.05) is 46.9 Å². The maximum absolute atomic E-state index is 6.11. The van der Waals surface area contributed by atoms with Crippen molar-refractivity contribution in [1.29, 1.82) is 0 Å². The summed E-state index contributed by atoms with van der Waals surface area (Å²) in [5.74, 6) is 0. The number of piperidine rings is 1. The quantitative estimate of drug-likeness (QED) is 0.828. The lowest BCUT2D eigenvalue weighted by atomic mass is 9.85. The first-order valence-corrected chi connectivity index (χ1v) is 7.87. The zero-order valence-corrected chi connectivity index (χ0v) is 13.4. The van der Waals surface area contributed by atoms with E-state index in [1.807, 2.05) is 0 Å². The van der Waals surface area contributed by atoms with Gasteiger partial charge in [-0.3, -0.25) is 9.80 Å². The summed E-state index contributed by atoms with van der Waals surface area (Å²) in [6.45, 7) is 5.72. The first-order valence-electron chi connectivity index (χ1n) is 7.87. The van der Waals surface area contributed by atoms with E-state index in [2.05, 4.69) is 47.2 Å². The van der Waals surface area contributed by atoms with Gasteiger partial charge in [0.15, 0.2) is 0 Å². The fraction of sp³-hybridized carbons (Fsp3) is 0.647. The van der Waals surface area contributed by atoms with Crippen molar-refractivity contribution in [3.8, 4) is 0 Å². The molecular weight excluding hydrogens is 262 g/mol. The monoisotopic (exact) mass is 291 g/mol. The van der Waals surface area contributed by atoms with Gasteiger partial charge in [-0.05, 0) is 25.5 Å². The predicted molar refractivity (Wildman–Crippen MR) is 87.2 cm³/mol. The molecule has 0 spiro atoms. The van der Waals surface area contributed by atoms with Crippen LogP contribution in [0, 0.1) is 0 Å². The topological polar surface area (TPSA) is 41.7 Å². The van der Waals surface area contributed by atoms with Gasteiger partial charge in [0.2, 0.25) is 0 Å². The Morgan fingerprint density at radius 2 is 1.90 bits per heavy atom. The summed E-state index contributed by atoms with van der Waals surface area (Å²) in [7, 11) is 3.93. The third kappa shape index (κ3) is 4.27. The molecule has 2 N–H and O–H groups in total. The summed E-state index contributed by atoms with van der Waals surface area (Å²) in [6.07, 6.45) is 2.27. The van der Waals surface area contributed by atoms with Crippen LogP contribution in [0.25, 0.3) is 0 Å². The molecule has 0 aliphatic carbocycles. The van der Waals surface area contributed by atoms with E-state index in [9.17, 15) is 0 Å². The molecule has 0 saturated carbocycles. The average Bonchev–Trinajstić information content (AvgIpc) is 2.54. The van der Waals surface area contributed by atoms with E-state index in [1.54, 1.807) is 7.11 Å². The molecule has 0 unspecified atom stereocenters. The molecule has 1 aromatic rings. The molecule has 1 aromatic carbocycles. The van der Waals surface area contributed by atoms with Gasteiger partial charge in [-0.15, -0.1) is 0 Å². The Balaban J connectivity index is 1.88. The van der Waals surface area contributed by atoms with Gasteiger partial charge in [0.25, 0.3) is 0 Å². The van der Waals surface area contributed by atoms with E-state index in [1.165, 1.54) is 5.56 Å². The van der Waals surface area contributed by atoms with E-state index in [0.29, 0.717) is 0 Å². The Hall–Kier alpha value is -0.940. The van der Waals surface area contributed by atoms with E-state index in [4.69, 9.17) is 10.5 Å². The van der Waals surface area contributed by atoms with Crippen LogP contribution in [0.3, 0.4) is 0 Å². The standard InChI is InChI=1S/C17H29N3O/c1-19(12-13-21-2)17(15-18)8-10-20(11-9-17)14-16-6-4-3-5-7-16/h3-7H,8-15,18H2,1-2H3. The molecule has 1 heterocycles. The maximum Gasteiger partial charge on any atom is 0.0589 e. The SMILES string of the molecule is COCCN(C)C1(CN)CCN(Cc2ccccc2)CC1. The molecule has 1 saturated heterocycles. The molecule has 0 bridgehead atoms. The summed E-state index contributed by atoms with van der Waals surface area (Å²) in [5, 5.41) is 0. The number of hydrogen-bond acceptors (Lipinski definition) is 4. The van der Waals surface area contributed by atoms with Crippen molar-refractivity contribution >= 4 is 0 Å². The molecule has 2 rings (SSSR count). The number of likely N-dealkylation sites (tertiary alicyclic amines) is 1. The summed E-state index contributed by atoms with van der Waals surface area (Å²) in [6, 6.07) is 10.7. The molecule has 118 valence electrons. The molecule has 4 nitrogen and oxygen atoms in total. The zero-order valence-electron chi connectivity index (χ0n) is 13.4. The minimum absolute atomic E-state index is 0.145. The zero-order chi connectivity index (χ0) is 15.1. The summed E-state index contributed by atoms with van der Waals surface area (Å²) in [4.78, 5) is 4.93. The highest BCUT2D eigenvalue weighted by molar-refractivity contribution is 5.14. The van der Waals surface area contributed by atoms with E-state index in [0.717, 1.165) is 52.2 Å². The number of nitrogens with two attached hydrogens (primary N) is 1. The van der Waals surface area contributed by atoms with E-state index >= 15 is 0 Å². The lowest BCUT2D eigenvalue weighted by Gasteiger charge is -2.47. The number of rotatable bonds is 7. The Morgan fingerprint density at radius 3 is 2.48 bits per heavy atom. The Kier molecular flexibility index (Phi) is 6.18. The van der Waals surface area contributed by atoms with Crippen LogP contribution < -0.4 is 5.73 Å². The number of ether oxygens (including phenoxy) is 1. The third-order valence-corrected chi connectivity index (χ3v) is 4.86. The molecule has 1 fully saturated rings. The molecule has 4 heteroatoms. The van der Waals surface area contributed by atoms with Crippen LogP contribution in [0.2, 0.25) is 0 Å². The lowest BCUT2D eigenvalue weighted by Crippen LogP contribution is -2.58. The lowest BCUT2D eigenvalue weighted by molar-refractivity contribution is 0.0267. The molecule has 0 atom stereocenters. The molecule has 0 aromatic heterocycles. The minimum Gasteiger partial charge on any atom is -0.383 e. The van der Waals surface area contributed by atoms with Crippen LogP contribution in [0.5, 0.6) is 0 Å². The molecule has 1 aliphatic heterocycles. The fourth-order valence-corrected chi connectivity index (χ4v) is 3.18. The highest BCUT2D eigenvalue weighted by Gasteiger charge is 2.36. The summed E-state index contributed by atoms with van der Waals surface area (Å²) in [5.41, 5.74) is 7.65. The molecule has 21 heavy (non-hydrogen) atoms. The van der Waals surface area contributed by atoms with Gasteiger partial charge in [-0.25, -0.2) is 0 Å². The van der Waals surface area contributed by atoms with Gasteiger partial charge in [0.1, 0.15) is 0 Å². The first-order chi connectivity index (χ1) is 10.2. The smallest absolute Gasteiger partial charge is 0.0589 e. The van der Waals surface area contributed by atoms with Crippen molar-refractivity contribution in [2.24, 2.45) is 5.73 Å². The highest BCUT2D eigenvalue weighted by Crippen LogP contribution is 2.27. The molecular formula is C17H29N3O. The molecule has 0 radical (unpaired) electrons. The second-order valence-corrected chi connectivity index (χ2v) is 6.10. The van der Waals surface area contributed by atoms with Crippen molar-refractivity contribution in [3.05, 3.63) is 35.9 Å². The second-order valence-electron chi connectivity index (χ2n) is 6.10. The Labute approximate surface area is 128 Å². The number of benzene rings is 1. The predicted octanol–water partition coefficient (Wildman–Crippen LogP) is 1.56. The van der Waals surface area contributed by atoms with Gasteiger partial charge in [0, 0.05) is 45.4 Å². The largest absolute Gasteiger partial charge is 0.383 e. The van der Waals surface area contributed by atoms with Crippen molar-refractivity contribution in [1.82, 2.24) is 9.80 Å². The van der Waals surface area contributed by atoms with Gasteiger partial charge in [-0.1, -0.05) is 30.3 Å². The van der Waals surface area contributed by atoms with Crippen LogP contribution in [-0.4, -0.2) is 62.3 Å². The van der Waals surface area contributed by atoms with Crippen LogP contribution in [-0.2, 0) is 11.3 Å². The highest BCUT2D eigenvalue weighted by atomic mass is 16.5. The summed E-state index contributed by atoms with van der Waals surface area (Å²) < 4.78 is 5.20. The van der Waals surface area contributed by atoms with Gasteiger partial charge >= 0.3 is 0 Å².